The van der Waals surface area contributed by atoms with Crippen LogP contribution in [0, 0.1) is 5.82 Å². The number of rotatable bonds is 7. The average Bonchev–Trinajstić information content (AvgIpc) is 2.38. The van der Waals surface area contributed by atoms with Crippen LogP contribution in [0.15, 0.2) is 24.3 Å². The molecule has 1 rings (SSSR count). The molecule has 0 heterocycles. The molecule has 0 aliphatic rings. The Balaban J connectivity index is 2.31. The quantitative estimate of drug-likeness (QED) is 0.678. The van der Waals surface area contributed by atoms with Gasteiger partial charge in [0.15, 0.2) is 0 Å². The zero-order valence-corrected chi connectivity index (χ0v) is 10.4. The van der Waals surface area contributed by atoms with Crippen LogP contribution in [0.3, 0.4) is 0 Å². The number of halogens is 1. The number of carbonyl (C=O) groups is 2. The molecule has 0 bridgehead atoms. The van der Waals surface area contributed by atoms with E-state index in [1.807, 2.05) is 0 Å². The minimum atomic E-state index is -0.991. The third kappa shape index (κ3) is 5.48. The summed E-state index contributed by atoms with van der Waals surface area (Å²) in [6.45, 7) is 0.264. The summed E-state index contributed by atoms with van der Waals surface area (Å²) >= 11 is 0. The van der Waals surface area contributed by atoms with Gasteiger partial charge in [-0.25, -0.2) is 4.39 Å². The Morgan fingerprint density at radius 2 is 2.05 bits per heavy atom. The second kappa shape index (κ2) is 7.48. The largest absolute Gasteiger partial charge is 0.481 e. The number of amides is 1. The zero-order chi connectivity index (χ0) is 14.3. The van der Waals surface area contributed by atoms with Gasteiger partial charge in [-0.15, -0.1) is 0 Å². The van der Waals surface area contributed by atoms with Gasteiger partial charge in [-0.05, 0) is 24.5 Å². The van der Waals surface area contributed by atoms with E-state index in [2.05, 4.69) is 5.32 Å². The van der Waals surface area contributed by atoms with E-state index in [-0.39, 0.29) is 25.2 Å². The first-order valence-electron chi connectivity index (χ1n) is 5.99. The van der Waals surface area contributed by atoms with Crippen molar-refractivity contribution in [3.8, 4) is 0 Å². The molecule has 6 heteroatoms. The van der Waals surface area contributed by atoms with Gasteiger partial charge in [-0.1, -0.05) is 18.2 Å². The molecule has 1 unspecified atom stereocenters. The lowest BCUT2D eigenvalue weighted by molar-refractivity contribution is -0.137. The zero-order valence-electron chi connectivity index (χ0n) is 10.4. The monoisotopic (exact) mass is 268 g/mol. The molecule has 0 spiro atoms. The van der Waals surface area contributed by atoms with Gasteiger partial charge in [0.2, 0.25) is 5.91 Å². The number of aliphatic carboxylic acids is 1. The highest BCUT2D eigenvalue weighted by atomic mass is 19.1. The molecule has 0 aliphatic carbocycles. The minimum absolute atomic E-state index is 0.0842. The number of carboxylic acids is 1. The third-order valence-electron chi connectivity index (χ3n) is 2.66. The highest BCUT2D eigenvalue weighted by molar-refractivity contribution is 5.82. The average molecular weight is 268 g/mol. The molecule has 0 aliphatic heterocycles. The van der Waals surface area contributed by atoms with Crippen molar-refractivity contribution in [2.24, 2.45) is 5.73 Å². The van der Waals surface area contributed by atoms with Gasteiger partial charge in [-0.3, -0.25) is 9.59 Å². The number of benzene rings is 1. The van der Waals surface area contributed by atoms with Crippen molar-refractivity contribution in [1.82, 2.24) is 5.32 Å². The molecule has 1 aromatic carbocycles. The summed E-state index contributed by atoms with van der Waals surface area (Å²) < 4.78 is 13.3. The Kier molecular flexibility index (Phi) is 5.95. The minimum Gasteiger partial charge on any atom is -0.481 e. The van der Waals surface area contributed by atoms with Crippen molar-refractivity contribution in [2.75, 3.05) is 6.54 Å². The lowest BCUT2D eigenvalue weighted by Crippen LogP contribution is -2.41. The first-order chi connectivity index (χ1) is 9.00. The van der Waals surface area contributed by atoms with Gasteiger partial charge in [0, 0.05) is 13.0 Å². The normalized spacial score (nSPS) is 11.9. The van der Waals surface area contributed by atoms with Crippen LogP contribution in [-0.2, 0) is 16.0 Å². The summed E-state index contributed by atoms with van der Waals surface area (Å²) in [4.78, 5) is 21.8. The van der Waals surface area contributed by atoms with Crippen LogP contribution >= 0.6 is 0 Å². The van der Waals surface area contributed by atoms with Gasteiger partial charge in [0.1, 0.15) is 5.82 Å². The first-order valence-corrected chi connectivity index (χ1v) is 5.99. The van der Waals surface area contributed by atoms with Crippen molar-refractivity contribution in [3.63, 3.8) is 0 Å². The Morgan fingerprint density at radius 1 is 1.37 bits per heavy atom. The molecule has 4 N–H and O–H groups in total. The maximum absolute atomic E-state index is 13.3. The predicted molar refractivity (Wildman–Crippen MR) is 68.0 cm³/mol. The standard InChI is InChI=1S/C13H17FN2O3/c14-10-4-2-1-3-9(10)7-8-16-13(19)11(15)5-6-12(17)18/h1-4,11H,5-8,15H2,(H,16,19)(H,17,18). The van der Waals surface area contributed by atoms with E-state index in [0.29, 0.717) is 12.0 Å². The van der Waals surface area contributed by atoms with E-state index in [1.165, 1.54) is 6.07 Å². The maximum Gasteiger partial charge on any atom is 0.303 e. The molecule has 0 radical (unpaired) electrons. The van der Waals surface area contributed by atoms with Crippen LogP contribution in [0.25, 0.3) is 0 Å². The van der Waals surface area contributed by atoms with Gasteiger partial charge in [0.05, 0.1) is 6.04 Å². The van der Waals surface area contributed by atoms with Gasteiger partial charge < -0.3 is 16.2 Å². The Hall–Kier alpha value is -1.95. The first kappa shape index (κ1) is 15.1. The summed E-state index contributed by atoms with van der Waals surface area (Å²) in [6.07, 6.45) is 0.298. The fourth-order valence-corrected chi connectivity index (χ4v) is 1.56. The molecule has 1 aromatic rings. The molecular weight excluding hydrogens is 251 g/mol. The van der Waals surface area contributed by atoms with Crippen LogP contribution in [-0.4, -0.2) is 29.6 Å². The van der Waals surface area contributed by atoms with E-state index in [4.69, 9.17) is 10.8 Å². The molecule has 19 heavy (non-hydrogen) atoms. The SMILES string of the molecule is NC(CCC(=O)O)C(=O)NCCc1ccccc1F. The Bertz CT molecular complexity index is 451. The van der Waals surface area contributed by atoms with Crippen molar-refractivity contribution < 1.29 is 19.1 Å². The molecule has 0 saturated heterocycles. The Morgan fingerprint density at radius 3 is 2.68 bits per heavy atom. The summed E-state index contributed by atoms with van der Waals surface area (Å²) in [5, 5.41) is 11.0. The van der Waals surface area contributed by atoms with Gasteiger partial charge in [-0.2, -0.15) is 0 Å². The van der Waals surface area contributed by atoms with Crippen LogP contribution in [0.2, 0.25) is 0 Å². The van der Waals surface area contributed by atoms with Crippen molar-refractivity contribution in [1.29, 1.82) is 0 Å². The van der Waals surface area contributed by atoms with E-state index in [9.17, 15) is 14.0 Å². The highest BCUT2D eigenvalue weighted by Crippen LogP contribution is 2.06. The molecule has 0 fully saturated rings. The smallest absolute Gasteiger partial charge is 0.303 e. The molecule has 1 amide bonds. The predicted octanol–water partition coefficient (Wildman–Crippen LogP) is 0.677. The summed E-state index contributed by atoms with van der Waals surface area (Å²) in [7, 11) is 0. The topological polar surface area (TPSA) is 92.4 Å². The van der Waals surface area contributed by atoms with Crippen molar-refractivity contribution >= 4 is 11.9 Å². The molecule has 0 aromatic heterocycles. The van der Waals surface area contributed by atoms with Crippen LogP contribution in [0.5, 0.6) is 0 Å². The van der Waals surface area contributed by atoms with Crippen LogP contribution in [0.4, 0.5) is 4.39 Å². The number of carboxylic acid groups (broad SMARTS) is 1. The molecule has 0 saturated carbocycles. The second-order valence-electron chi connectivity index (χ2n) is 4.17. The fourth-order valence-electron chi connectivity index (χ4n) is 1.56. The van der Waals surface area contributed by atoms with Crippen molar-refractivity contribution in [3.05, 3.63) is 35.6 Å². The maximum atomic E-state index is 13.3. The van der Waals surface area contributed by atoms with E-state index in [0.717, 1.165) is 0 Å². The van der Waals surface area contributed by atoms with E-state index < -0.39 is 17.9 Å². The van der Waals surface area contributed by atoms with Crippen molar-refractivity contribution in [2.45, 2.75) is 25.3 Å². The lowest BCUT2D eigenvalue weighted by Gasteiger charge is -2.11. The summed E-state index contributed by atoms with van der Waals surface area (Å²) in [5.41, 5.74) is 6.04. The number of hydrogen-bond acceptors (Lipinski definition) is 3. The third-order valence-corrected chi connectivity index (χ3v) is 2.66. The van der Waals surface area contributed by atoms with Gasteiger partial charge in [0.25, 0.3) is 0 Å². The van der Waals surface area contributed by atoms with E-state index in [1.54, 1.807) is 18.2 Å². The number of nitrogens with two attached hydrogens (primary N) is 1. The summed E-state index contributed by atoms with van der Waals surface area (Å²) in [5.74, 6) is -1.72. The highest BCUT2D eigenvalue weighted by Gasteiger charge is 2.14. The van der Waals surface area contributed by atoms with E-state index >= 15 is 0 Å². The number of nitrogens with one attached hydrogen (secondary N) is 1. The van der Waals surface area contributed by atoms with Crippen LogP contribution < -0.4 is 11.1 Å². The molecule has 104 valence electrons. The van der Waals surface area contributed by atoms with Gasteiger partial charge >= 0.3 is 5.97 Å². The molecule has 5 nitrogen and oxygen atoms in total. The number of carbonyl (C=O) groups excluding carboxylic acids is 1. The van der Waals surface area contributed by atoms with Crippen LogP contribution in [0.1, 0.15) is 18.4 Å². The number of hydrogen-bond donors (Lipinski definition) is 3. The molecular formula is C13H17FN2O3. The second-order valence-corrected chi connectivity index (χ2v) is 4.17. The fraction of sp³-hybridized carbons (Fsp3) is 0.385. The Labute approximate surface area is 110 Å². The lowest BCUT2D eigenvalue weighted by atomic mass is 10.1. The summed E-state index contributed by atoms with van der Waals surface area (Å²) in [6, 6.07) is 5.47. The molecule has 1 atom stereocenters.